The maximum atomic E-state index is 13.2. The minimum atomic E-state index is -0.375. The summed E-state index contributed by atoms with van der Waals surface area (Å²) < 4.78 is 5.38. The van der Waals surface area contributed by atoms with E-state index in [1.165, 1.54) is 0 Å². The lowest BCUT2D eigenvalue weighted by atomic mass is 9.85. The van der Waals surface area contributed by atoms with Crippen LogP contribution in [0, 0.1) is 0 Å². The fraction of sp³-hybridized carbons (Fsp3) is 0.292. The van der Waals surface area contributed by atoms with Crippen molar-refractivity contribution >= 4 is 11.7 Å². The van der Waals surface area contributed by atoms with Crippen LogP contribution in [0.5, 0.6) is 11.5 Å². The lowest BCUT2D eigenvalue weighted by molar-refractivity contribution is 0.205. The number of ether oxygens (including phenoxy) is 1. The molecule has 2 heterocycles. The Morgan fingerprint density at radius 3 is 2.06 bits per heavy atom. The SMILES string of the molecule is COc1cc(NC(=O)N(Cc2ccccn2)Cc2ccccn2)c(O)c(C(C)(C)C)c1. The van der Waals surface area contributed by atoms with Crippen molar-refractivity contribution < 1.29 is 14.6 Å². The number of hydrogen-bond acceptors (Lipinski definition) is 5. The van der Waals surface area contributed by atoms with Crippen LogP contribution in [0.25, 0.3) is 0 Å². The van der Waals surface area contributed by atoms with Gasteiger partial charge in [0, 0.05) is 24.0 Å². The number of hydrogen-bond donors (Lipinski definition) is 2. The molecule has 0 aliphatic carbocycles. The van der Waals surface area contributed by atoms with Crippen LogP contribution in [-0.2, 0) is 18.5 Å². The molecule has 0 saturated heterocycles. The number of aromatic hydroxyl groups is 1. The Bertz CT molecular complexity index is 977. The van der Waals surface area contributed by atoms with Crippen molar-refractivity contribution in [3.05, 3.63) is 77.9 Å². The summed E-state index contributed by atoms with van der Waals surface area (Å²) in [5.74, 6) is 0.580. The zero-order valence-electron chi connectivity index (χ0n) is 18.3. The average Bonchev–Trinajstić information content (AvgIpc) is 2.75. The predicted molar refractivity (Wildman–Crippen MR) is 120 cm³/mol. The first-order valence-electron chi connectivity index (χ1n) is 10.0. The number of anilines is 1. The van der Waals surface area contributed by atoms with Crippen LogP contribution in [0.3, 0.4) is 0 Å². The number of pyridine rings is 2. The third kappa shape index (κ3) is 5.72. The molecule has 7 heteroatoms. The lowest BCUT2D eigenvalue weighted by Gasteiger charge is -2.25. The number of carbonyl (C=O) groups excluding carboxylic acids is 1. The van der Waals surface area contributed by atoms with Crippen molar-refractivity contribution in [1.29, 1.82) is 0 Å². The highest BCUT2D eigenvalue weighted by Crippen LogP contribution is 2.39. The molecule has 0 fully saturated rings. The molecule has 3 rings (SSSR count). The number of phenolic OH excluding ortho intramolecular Hbond substituents is 1. The van der Waals surface area contributed by atoms with Gasteiger partial charge in [-0.05, 0) is 35.7 Å². The average molecular weight is 421 g/mol. The molecule has 0 saturated carbocycles. The lowest BCUT2D eigenvalue weighted by Crippen LogP contribution is -2.34. The van der Waals surface area contributed by atoms with E-state index in [1.807, 2.05) is 57.2 Å². The van der Waals surface area contributed by atoms with Gasteiger partial charge in [-0.15, -0.1) is 0 Å². The van der Waals surface area contributed by atoms with Crippen molar-refractivity contribution in [1.82, 2.24) is 14.9 Å². The Hall–Kier alpha value is -3.61. The second kappa shape index (κ2) is 9.47. The number of benzene rings is 1. The first-order chi connectivity index (χ1) is 14.8. The summed E-state index contributed by atoms with van der Waals surface area (Å²) in [6, 6.07) is 14.2. The third-order valence-corrected chi connectivity index (χ3v) is 4.81. The normalized spacial score (nSPS) is 11.1. The van der Waals surface area contributed by atoms with Crippen molar-refractivity contribution in [2.24, 2.45) is 0 Å². The van der Waals surface area contributed by atoms with Crippen molar-refractivity contribution in [2.45, 2.75) is 39.3 Å². The summed E-state index contributed by atoms with van der Waals surface area (Å²) in [6.45, 7) is 6.55. The van der Waals surface area contributed by atoms with Crippen molar-refractivity contribution in [3.63, 3.8) is 0 Å². The summed E-state index contributed by atoms with van der Waals surface area (Å²) in [4.78, 5) is 23.5. The van der Waals surface area contributed by atoms with Crippen molar-refractivity contribution in [3.8, 4) is 11.5 Å². The van der Waals surface area contributed by atoms with Crippen LogP contribution in [-0.4, -0.2) is 33.1 Å². The minimum absolute atomic E-state index is 0.0253. The van der Waals surface area contributed by atoms with Gasteiger partial charge in [0.2, 0.25) is 0 Å². The second-order valence-corrected chi connectivity index (χ2v) is 8.25. The van der Waals surface area contributed by atoms with Crippen LogP contribution in [0.2, 0.25) is 0 Å². The van der Waals surface area contributed by atoms with E-state index < -0.39 is 0 Å². The molecule has 0 aliphatic heterocycles. The molecule has 0 atom stereocenters. The first-order valence-corrected chi connectivity index (χ1v) is 10.0. The van der Waals surface area contributed by atoms with E-state index in [-0.39, 0.29) is 17.2 Å². The Balaban J connectivity index is 1.91. The van der Waals surface area contributed by atoms with Gasteiger partial charge in [-0.2, -0.15) is 0 Å². The van der Waals surface area contributed by atoms with E-state index in [0.29, 0.717) is 30.1 Å². The first kappa shape index (κ1) is 22.1. The number of nitrogens with zero attached hydrogens (tertiary/aromatic N) is 3. The molecule has 0 unspecified atom stereocenters. The number of carbonyl (C=O) groups is 1. The maximum absolute atomic E-state index is 13.2. The molecule has 2 aromatic heterocycles. The van der Waals surface area contributed by atoms with Crippen LogP contribution in [0.4, 0.5) is 10.5 Å². The Morgan fingerprint density at radius 2 is 1.61 bits per heavy atom. The second-order valence-electron chi connectivity index (χ2n) is 8.25. The van der Waals surface area contributed by atoms with Crippen LogP contribution in [0.1, 0.15) is 37.7 Å². The number of phenols is 1. The Kier molecular flexibility index (Phi) is 6.74. The highest BCUT2D eigenvalue weighted by atomic mass is 16.5. The summed E-state index contributed by atoms with van der Waals surface area (Å²) in [6.07, 6.45) is 3.38. The molecule has 0 bridgehead atoms. The molecule has 162 valence electrons. The molecule has 0 radical (unpaired) electrons. The number of nitrogens with one attached hydrogen (secondary N) is 1. The number of rotatable bonds is 6. The Labute approximate surface area is 182 Å². The highest BCUT2D eigenvalue weighted by molar-refractivity contribution is 5.91. The Morgan fingerprint density at radius 1 is 1.03 bits per heavy atom. The van der Waals surface area contributed by atoms with Gasteiger partial charge in [0.25, 0.3) is 0 Å². The number of amides is 2. The molecule has 0 aliphatic rings. The summed E-state index contributed by atoms with van der Waals surface area (Å²) >= 11 is 0. The van der Waals surface area contributed by atoms with E-state index in [4.69, 9.17) is 4.74 Å². The van der Waals surface area contributed by atoms with Gasteiger partial charge in [0.1, 0.15) is 11.5 Å². The largest absolute Gasteiger partial charge is 0.505 e. The molecular weight excluding hydrogens is 392 g/mol. The van der Waals surface area contributed by atoms with Gasteiger partial charge in [-0.3, -0.25) is 9.97 Å². The third-order valence-electron chi connectivity index (χ3n) is 4.81. The monoisotopic (exact) mass is 420 g/mol. The molecule has 7 nitrogen and oxygen atoms in total. The van der Waals surface area contributed by atoms with E-state index >= 15 is 0 Å². The summed E-state index contributed by atoms with van der Waals surface area (Å²) in [7, 11) is 1.55. The summed E-state index contributed by atoms with van der Waals surface area (Å²) in [5.41, 5.74) is 2.14. The standard InChI is InChI=1S/C24H28N4O3/c1-24(2,3)20-13-19(31-4)14-21(22(20)29)27-23(30)28(15-17-9-5-7-11-25-17)16-18-10-6-8-12-26-18/h5-14,29H,15-16H2,1-4H3,(H,27,30). The maximum Gasteiger partial charge on any atom is 0.322 e. The molecule has 2 amide bonds. The van der Waals surface area contributed by atoms with Gasteiger partial charge < -0.3 is 20.1 Å². The molecule has 1 aromatic carbocycles. The quantitative estimate of drug-likeness (QED) is 0.563. The van der Waals surface area contributed by atoms with Crippen LogP contribution >= 0.6 is 0 Å². The molecule has 31 heavy (non-hydrogen) atoms. The van der Waals surface area contributed by atoms with Crippen LogP contribution in [0.15, 0.2) is 60.9 Å². The topological polar surface area (TPSA) is 87.6 Å². The van der Waals surface area contributed by atoms with E-state index in [2.05, 4.69) is 15.3 Å². The highest BCUT2D eigenvalue weighted by Gasteiger charge is 2.24. The van der Waals surface area contributed by atoms with Gasteiger partial charge in [-0.25, -0.2) is 4.79 Å². The smallest absolute Gasteiger partial charge is 0.322 e. The molecule has 0 spiro atoms. The van der Waals surface area contributed by atoms with E-state index in [9.17, 15) is 9.90 Å². The van der Waals surface area contributed by atoms with Gasteiger partial charge in [-0.1, -0.05) is 32.9 Å². The van der Waals surface area contributed by atoms with Gasteiger partial charge >= 0.3 is 6.03 Å². The molecule has 3 aromatic rings. The van der Waals surface area contributed by atoms with Gasteiger partial charge in [0.05, 0.1) is 37.3 Å². The van der Waals surface area contributed by atoms with E-state index in [0.717, 1.165) is 11.4 Å². The van der Waals surface area contributed by atoms with E-state index in [1.54, 1.807) is 36.5 Å². The number of methoxy groups -OCH3 is 1. The van der Waals surface area contributed by atoms with Crippen LogP contribution < -0.4 is 10.1 Å². The number of urea groups is 1. The summed E-state index contributed by atoms with van der Waals surface area (Å²) in [5, 5.41) is 13.7. The zero-order valence-corrected chi connectivity index (χ0v) is 18.3. The predicted octanol–water partition coefficient (Wildman–Crippen LogP) is 4.72. The molecular formula is C24H28N4O3. The fourth-order valence-corrected chi connectivity index (χ4v) is 3.16. The van der Waals surface area contributed by atoms with Gasteiger partial charge in [0.15, 0.2) is 0 Å². The fourth-order valence-electron chi connectivity index (χ4n) is 3.16. The minimum Gasteiger partial charge on any atom is -0.505 e. The zero-order chi connectivity index (χ0) is 22.4. The number of aromatic nitrogens is 2. The molecule has 2 N–H and O–H groups in total. The van der Waals surface area contributed by atoms with Crippen molar-refractivity contribution in [2.75, 3.05) is 12.4 Å².